The van der Waals surface area contributed by atoms with Gasteiger partial charge in [0.1, 0.15) is 0 Å². The molecule has 1 amide bonds. The lowest BCUT2D eigenvalue weighted by atomic mass is 9.96. The number of rotatable bonds is 3. The molecule has 0 radical (unpaired) electrons. The number of aromatic nitrogens is 4. The Bertz CT molecular complexity index is 950. The summed E-state index contributed by atoms with van der Waals surface area (Å²) in [6.45, 7) is 5.42. The van der Waals surface area contributed by atoms with Crippen molar-refractivity contribution in [3.63, 3.8) is 0 Å². The van der Waals surface area contributed by atoms with Crippen molar-refractivity contribution in [1.82, 2.24) is 24.8 Å². The van der Waals surface area contributed by atoms with Gasteiger partial charge in [0.15, 0.2) is 0 Å². The predicted molar refractivity (Wildman–Crippen MR) is 97.6 cm³/mol. The summed E-state index contributed by atoms with van der Waals surface area (Å²) in [5, 5.41) is 9.76. The van der Waals surface area contributed by atoms with Gasteiger partial charge >= 0.3 is 0 Å². The Balaban J connectivity index is 1.53. The maximum atomic E-state index is 11.8. The number of likely N-dealkylation sites (tertiary alicyclic amines) is 1. The summed E-state index contributed by atoms with van der Waals surface area (Å²) in [6, 6.07) is 6.11. The van der Waals surface area contributed by atoms with Gasteiger partial charge < -0.3 is 9.42 Å². The predicted octanol–water partition coefficient (Wildman–Crippen LogP) is 3.05. The molecule has 1 aromatic carbocycles. The lowest BCUT2D eigenvalue weighted by Crippen LogP contribution is -2.37. The first-order valence-corrected chi connectivity index (χ1v) is 9.12. The van der Waals surface area contributed by atoms with E-state index in [9.17, 15) is 4.79 Å². The van der Waals surface area contributed by atoms with Gasteiger partial charge in [0.25, 0.3) is 0 Å². The molecule has 3 heterocycles. The molecule has 136 valence electrons. The Hall–Kier alpha value is -2.70. The highest BCUT2D eigenvalue weighted by Gasteiger charge is 2.27. The van der Waals surface area contributed by atoms with Crippen LogP contribution in [0.5, 0.6) is 0 Å². The molecule has 0 aliphatic carbocycles. The number of benzene rings is 1. The minimum Gasteiger partial charge on any atom is -0.343 e. The zero-order valence-corrected chi connectivity index (χ0v) is 15.4. The first-order valence-electron chi connectivity index (χ1n) is 9.12. The van der Waals surface area contributed by atoms with Gasteiger partial charge in [-0.25, -0.2) is 0 Å². The average molecular weight is 353 g/mol. The minimum atomic E-state index is 0.217. The Morgan fingerprint density at radius 2 is 2.08 bits per heavy atom. The van der Waals surface area contributed by atoms with E-state index in [1.54, 1.807) is 0 Å². The second-order valence-electron chi connectivity index (χ2n) is 6.91. The molecule has 1 fully saturated rings. The third-order valence-electron chi connectivity index (χ3n) is 5.24. The smallest absolute Gasteiger partial charge is 0.230 e. The van der Waals surface area contributed by atoms with Crippen LogP contribution in [0.1, 0.15) is 43.7 Å². The van der Waals surface area contributed by atoms with E-state index >= 15 is 0 Å². The Morgan fingerprint density at radius 3 is 2.81 bits per heavy atom. The number of carbonyl (C=O) groups excluding carboxylic acids is 1. The number of piperidine rings is 1. The molecule has 1 aliphatic rings. The van der Waals surface area contributed by atoms with E-state index in [1.165, 1.54) is 0 Å². The number of hydrogen-bond donors (Lipinski definition) is 0. The molecule has 1 saturated heterocycles. The number of aryl methyl sites for hydroxylation is 2. The quantitative estimate of drug-likeness (QED) is 0.723. The van der Waals surface area contributed by atoms with Crippen molar-refractivity contribution < 1.29 is 9.32 Å². The van der Waals surface area contributed by atoms with Crippen LogP contribution < -0.4 is 0 Å². The fraction of sp³-hybridized carbons (Fsp3) is 0.474. The van der Waals surface area contributed by atoms with E-state index in [2.05, 4.69) is 21.3 Å². The van der Waals surface area contributed by atoms with Crippen LogP contribution in [0, 0.1) is 6.92 Å². The van der Waals surface area contributed by atoms with E-state index in [4.69, 9.17) is 4.52 Å². The van der Waals surface area contributed by atoms with Crippen molar-refractivity contribution in [3.8, 4) is 11.4 Å². The Morgan fingerprint density at radius 1 is 1.31 bits per heavy atom. The second kappa shape index (κ2) is 6.55. The third-order valence-corrected chi connectivity index (χ3v) is 5.24. The van der Waals surface area contributed by atoms with Crippen molar-refractivity contribution in [3.05, 3.63) is 29.8 Å². The topological polar surface area (TPSA) is 77.1 Å². The first kappa shape index (κ1) is 16.8. The van der Waals surface area contributed by atoms with Gasteiger partial charge in [0, 0.05) is 43.4 Å². The standard InChI is InChI=1S/C19H23N5O2/c1-4-17(25)24-9-7-13(8-10-24)19-20-18(22-26-19)14-5-6-15-12(2)21-23(3)16(15)11-14/h5-6,11,13H,4,7-10H2,1-3H3. The van der Waals surface area contributed by atoms with Crippen LogP contribution in [-0.4, -0.2) is 43.8 Å². The van der Waals surface area contributed by atoms with Crippen LogP contribution in [0.25, 0.3) is 22.3 Å². The van der Waals surface area contributed by atoms with Crippen LogP contribution in [0.2, 0.25) is 0 Å². The van der Waals surface area contributed by atoms with Crippen LogP contribution in [-0.2, 0) is 11.8 Å². The zero-order valence-electron chi connectivity index (χ0n) is 15.4. The monoisotopic (exact) mass is 353 g/mol. The van der Waals surface area contributed by atoms with Crippen LogP contribution in [0.15, 0.2) is 22.7 Å². The first-order chi connectivity index (χ1) is 12.6. The SMILES string of the molecule is CCC(=O)N1CCC(c2nc(-c3ccc4c(C)nn(C)c4c3)no2)CC1. The minimum absolute atomic E-state index is 0.217. The molecular weight excluding hydrogens is 330 g/mol. The molecule has 2 aromatic heterocycles. The summed E-state index contributed by atoms with van der Waals surface area (Å²) in [5.41, 5.74) is 2.99. The molecule has 0 N–H and O–H groups in total. The Labute approximate surface area is 152 Å². The molecule has 4 rings (SSSR count). The molecule has 0 bridgehead atoms. The van der Waals surface area contributed by atoms with E-state index in [0.29, 0.717) is 18.1 Å². The fourth-order valence-electron chi connectivity index (χ4n) is 3.69. The maximum absolute atomic E-state index is 11.8. The summed E-state index contributed by atoms with van der Waals surface area (Å²) < 4.78 is 7.41. The van der Waals surface area contributed by atoms with Crippen LogP contribution >= 0.6 is 0 Å². The van der Waals surface area contributed by atoms with E-state index in [0.717, 1.165) is 48.1 Å². The normalized spacial score (nSPS) is 15.7. The lowest BCUT2D eigenvalue weighted by Gasteiger charge is -2.30. The number of amides is 1. The molecule has 7 heteroatoms. The molecule has 0 saturated carbocycles. The maximum Gasteiger partial charge on any atom is 0.230 e. The molecule has 0 atom stereocenters. The number of nitrogens with zero attached hydrogens (tertiary/aromatic N) is 5. The van der Waals surface area contributed by atoms with Gasteiger partial charge in [0.2, 0.25) is 17.6 Å². The van der Waals surface area contributed by atoms with Gasteiger partial charge in [0.05, 0.1) is 11.2 Å². The zero-order chi connectivity index (χ0) is 18.3. The van der Waals surface area contributed by atoms with Gasteiger partial charge in [-0.15, -0.1) is 0 Å². The molecular formula is C19H23N5O2. The van der Waals surface area contributed by atoms with Crippen molar-refractivity contribution in [2.24, 2.45) is 7.05 Å². The Kier molecular flexibility index (Phi) is 4.22. The number of hydrogen-bond acceptors (Lipinski definition) is 5. The molecule has 3 aromatic rings. The van der Waals surface area contributed by atoms with Crippen LogP contribution in [0.4, 0.5) is 0 Å². The van der Waals surface area contributed by atoms with Crippen molar-refractivity contribution in [2.45, 2.75) is 39.0 Å². The van der Waals surface area contributed by atoms with Gasteiger partial charge in [-0.2, -0.15) is 10.1 Å². The highest BCUT2D eigenvalue weighted by atomic mass is 16.5. The highest BCUT2D eigenvalue weighted by molar-refractivity contribution is 5.85. The molecule has 0 spiro atoms. The van der Waals surface area contributed by atoms with E-state index in [-0.39, 0.29) is 11.8 Å². The number of carbonyl (C=O) groups is 1. The number of fused-ring (bicyclic) bond motifs is 1. The second-order valence-corrected chi connectivity index (χ2v) is 6.91. The van der Waals surface area contributed by atoms with Gasteiger partial charge in [-0.1, -0.05) is 24.2 Å². The molecule has 26 heavy (non-hydrogen) atoms. The van der Waals surface area contributed by atoms with Gasteiger partial charge in [-0.05, 0) is 25.8 Å². The van der Waals surface area contributed by atoms with Crippen molar-refractivity contribution in [1.29, 1.82) is 0 Å². The lowest BCUT2D eigenvalue weighted by molar-refractivity contribution is -0.131. The van der Waals surface area contributed by atoms with Crippen molar-refractivity contribution in [2.75, 3.05) is 13.1 Å². The third kappa shape index (κ3) is 2.87. The summed E-state index contributed by atoms with van der Waals surface area (Å²) in [5.74, 6) is 1.71. The molecule has 0 unspecified atom stereocenters. The van der Waals surface area contributed by atoms with Crippen LogP contribution in [0.3, 0.4) is 0 Å². The summed E-state index contributed by atoms with van der Waals surface area (Å²) in [6.07, 6.45) is 2.30. The summed E-state index contributed by atoms with van der Waals surface area (Å²) in [4.78, 5) is 18.4. The molecule has 1 aliphatic heterocycles. The fourth-order valence-corrected chi connectivity index (χ4v) is 3.69. The van der Waals surface area contributed by atoms with Gasteiger partial charge in [-0.3, -0.25) is 9.48 Å². The average Bonchev–Trinajstić information content (AvgIpc) is 3.26. The van der Waals surface area contributed by atoms with E-state index < -0.39 is 0 Å². The summed E-state index contributed by atoms with van der Waals surface area (Å²) in [7, 11) is 1.94. The van der Waals surface area contributed by atoms with E-state index in [1.807, 2.05) is 42.6 Å². The largest absolute Gasteiger partial charge is 0.343 e. The summed E-state index contributed by atoms with van der Waals surface area (Å²) >= 11 is 0. The molecule has 7 nitrogen and oxygen atoms in total. The highest BCUT2D eigenvalue weighted by Crippen LogP contribution is 2.30. The van der Waals surface area contributed by atoms with Crippen molar-refractivity contribution >= 4 is 16.8 Å².